The summed E-state index contributed by atoms with van der Waals surface area (Å²) in [6.07, 6.45) is 2.25. The van der Waals surface area contributed by atoms with Gasteiger partial charge in [-0.25, -0.2) is 0 Å². The van der Waals surface area contributed by atoms with Crippen molar-refractivity contribution in [1.82, 2.24) is 0 Å². The minimum absolute atomic E-state index is 0.0692. The molecule has 0 radical (unpaired) electrons. The first-order valence-corrected chi connectivity index (χ1v) is 5.27. The van der Waals surface area contributed by atoms with Crippen LogP contribution in [0.3, 0.4) is 0 Å². The molecule has 0 bridgehead atoms. The fraction of sp³-hybridized carbons (Fsp3) is 0.286. The van der Waals surface area contributed by atoms with Crippen molar-refractivity contribution in [2.75, 3.05) is 0 Å². The SMILES string of the molecule is C=Cc1ccc(CC(C(C)=O)C(C)=O)cc1. The van der Waals surface area contributed by atoms with Gasteiger partial charge in [-0.2, -0.15) is 0 Å². The van der Waals surface area contributed by atoms with Crippen molar-refractivity contribution in [2.24, 2.45) is 5.92 Å². The number of ketones is 2. The standard InChI is InChI=1S/C14H16O2/c1-4-12-5-7-13(8-6-12)9-14(10(2)15)11(3)16/h4-8,14H,1,9H2,2-3H3. The zero-order chi connectivity index (χ0) is 12.1. The summed E-state index contributed by atoms with van der Waals surface area (Å²) in [6.45, 7) is 6.59. The van der Waals surface area contributed by atoms with Crippen molar-refractivity contribution in [3.63, 3.8) is 0 Å². The molecule has 0 spiro atoms. The Hall–Kier alpha value is -1.70. The summed E-state index contributed by atoms with van der Waals surface area (Å²) in [5.41, 5.74) is 2.03. The average Bonchev–Trinajstić information content (AvgIpc) is 2.25. The molecule has 16 heavy (non-hydrogen) atoms. The largest absolute Gasteiger partial charge is 0.299 e. The lowest BCUT2D eigenvalue weighted by atomic mass is 9.92. The summed E-state index contributed by atoms with van der Waals surface area (Å²) in [4.78, 5) is 22.6. The molecule has 0 aliphatic carbocycles. The zero-order valence-corrected chi connectivity index (χ0v) is 9.69. The number of Topliss-reactive ketones (excluding diaryl/α,β-unsaturated/α-hetero) is 2. The Labute approximate surface area is 96.0 Å². The van der Waals surface area contributed by atoms with Gasteiger partial charge in [-0.05, 0) is 31.4 Å². The third-order valence-corrected chi connectivity index (χ3v) is 2.64. The first-order chi connectivity index (χ1) is 7.54. The summed E-state index contributed by atoms with van der Waals surface area (Å²) < 4.78 is 0. The molecule has 0 aromatic heterocycles. The van der Waals surface area contributed by atoms with E-state index in [0.29, 0.717) is 6.42 Å². The van der Waals surface area contributed by atoms with Gasteiger partial charge in [-0.3, -0.25) is 9.59 Å². The van der Waals surface area contributed by atoms with E-state index in [2.05, 4.69) is 6.58 Å². The minimum Gasteiger partial charge on any atom is -0.299 e. The summed E-state index contributed by atoms with van der Waals surface area (Å²) in [7, 11) is 0. The molecule has 0 fully saturated rings. The third kappa shape index (κ3) is 3.16. The van der Waals surface area contributed by atoms with Gasteiger partial charge in [0.05, 0.1) is 5.92 Å². The van der Waals surface area contributed by atoms with Crippen LogP contribution in [0.15, 0.2) is 30.8 Å². The second-order valence-corrected chi connectivity index (χ2v) is 3.92. The number of hydrogen-bond acceptors (Lipinski definition) is 2. The number of rotatable bonds is 5. The van der Waals surface area contributed by atoms with Crippen LogP contribution in [-0.4, -0.2) is 11.6 Å². The van der Waals surface area contributed by atoms with Crippen molar-refractivity contribution in [1.29, 1.82) is 0 Å². The summed E-state index contributed by atoms with van der Waals surface area (Å²) >= 11 is 0. The maximum Gasteiger partial charge on any atom is 0.140 e. The van der Waals surface area contributed by atoms with E-state index < -0.39 is 5.92 Å². The molecule has 0 unspecified atom stereocenters. The predicted octanol–water partition coefficient (Wildman–Crippen LogP) is 2.67. The monoisotopic (exact) mass is 216 g/mol. The van der Waals surface area contributed by atoms with Crippen LogP contribution in [0.5, 0.6) is 0 Å². The van der Waals surface area contributed by atoms with E-state index >= 15 is 0 Å². The zero-order valence-electron chi connectivity index (χ0n) is 9.69. The molecule has 0 heterocycles. The molecule has 1 aromatic rings. The summed E-state index contributed by atoms with van der Waals surface area (Å²) in [6, 6.07) is 7.71. The van der Waals surface area contributed by atoms with Crippen molar-refractivity contribution in [2.45, 2.75) is 20.3 Å². The van der Waals surface area contributed by atoms with Gasteiger partial charge in [0.1, 0.15) is 11.6 Å². The Morgan fingerprint density at radius 2 is 1.69 bits per heavy atom. The maximum absolute atomic E-state index is 11.3. The molecular weight excluding hydrogens is 200 g/mol. The molecule has 0 aliphatic heterocycles. The van der Waals surface area contributed by atoms with E-state index in [9.17, 15) is 9.59 Å². The van der Waals surface area contributed by atoms with Gasteiger partial charge in [0, 0.05) is 0 Å². The van der Waals surface area contributed by atoms with Crippen molar-refractivity contribution < 1.29 is 9.59 Å². The van der Waals surface area contributed by atoms with Crippen LogP contribution in [0.2, 0.25) is 0 Å². The third-order valence-electron chi connectivity index (χ3n) is 2.64. The molecule has 0 amide bonds. The van der Waals surface area contributed by atoms with Gasteiger partial charge in [0.2, 0.25) is 0 Å². The van der Waals surface area contributed by atoms with E-state index in [-0.39, 0.29) is 11.6 Å². The Morgan fingerprint density at radius 1 is 1.19 bits per heavy atom. The molecule has 0 N–H and O–H groups in total. The molecule has 0 aliphatic rings. The second kappa shape index (κ2) is 5.40. The van der Waals surface area contributed by atoms with E-state index in [1.807, 2.05) is 24.3 Å². The molecule has 1 aromatic carbocycles. The fourth-order valence-corrected chi connectivity index (χ4v) is 1.60. The van der Waals surface area contributed by atoms with Crippen molar-refractivity contribution in [3.05, 3.63) is 42.0 Å². The molecular formula is C14H16O2. The highest BCUT2D eigenvalue weighted by Gasteiger charge is 2.19. The molecule has 0 atom stereocenters. The van der Waals surface area contributed by atoms with Crippen LogP contribution in [0, 0.1) is 5.92 Å². The predicted molar refractivity (Wildman–Crippen MR) is 65.1 cm³/mol. The lowest BCUT2D eigenvalue weighted by Gasteiger charge is -2.10. The summed E-state index contributed by atoms with van der Waals surface area (Å²) in [5.74, 6) is -0.643. The van der Waals surface area contributed by atoms with Crippen LogP contribution in [0.25, 0.3) is 6.08 Å². The van der Waals surface area contributed by atoms with Gasteiger partial charge in [0.15, 0.2) is 0 Å². The van der Waals surface area contributed by atoms with Crippen LogP contribution in [0.4, 0.5) is 0 Å². The first-order valence-electron chi connectivity index (χ1n) is 5.27. The number of carbonyl (C=O) groups excluding carboxylic acids is 2. The maximum atomic E-state index is 11.3. The van der Waals surface area contributed by atoms with Crippen LogP contribution in [0.1, 0.15) is 25.0 Å². The molecule has 2 nitrogen and oxygen atoms in total. The Kier molecular flexibility index (Phi) is 4.18. The number of hydrogen-bond donors (Lipinski definition) is 0. The highest BCUT2D eigenvalue weighted by molar-refractivity contribution is 6.00. The second-order valence-electron chi connectivity index (χ2n) is 3.92. The van der Waals surface area contributed by atoms with E-state index in [0.717, 1.165) is 11.1 Å². The number of carbonyl (C=O) groups is 2. The minimum atomic E-state index is -0.505. The van der Waals surface area contributed by atoms with Gasteiger partial charge in [0.25, 0.3) is 0 Å². The smallest absolute Gasteiger partial charge is 0.140 e. The molecule has 84 valence electrons. The first kappa shape index (κ1) is 12.4. The van der Waals surface area contributed by atoms with Crippen LogP contribution >= 0.6 is 0 Å². The fourth-order valence-electron chi connectivity index (χ4n) is 1.60. The molecule has 0 saturated carbocycles. The topological polar surface area (TPSA) is 34.1 Å². The Bertz CT molecular complexity index is 387. The number of benzene rings is 1. The average molecular weight is 216 g/mol. The van der Waals surface area contributed by atoms with Gasteiger partial charge >= 0.3 is 0 Å². The molecule has 2 heteroatoms. The van der Waals surface area contributed by atoms with Crippen molar-refractivity contribution >= 4 is 17.6 Å². The normalized spacial score (nSPS) is 10.2. The van der Waals surface area contributed by atoms with E-state index in [1.54, 1.807) is 6.08 Å². The van der Waals surface area contributed by atoms with Crippen molar-refractivity contribution in [3.8, 4) is 0 Å². The van der Waals surface area contributed by atoms with E-state index in [4.69, 9.17) is 0 Å². The summed E-state index contributed by atoms with van der Waals surface area (Å²) in [5, 5.41) is 0. The van der Waals surface area contributed by atoms with Crippen LogP contribution in [-0.2, 0) is 16.0 Å². The Balaban J connectivity index is 2.81. The van der Waals surface area contributed by atoms with E-state index in [1.165, 1.54) is 13.8 Å². The Morgan fingerprint density at radius 3 is 2.06 bits per heavy atom. The van der Waals surface area contributed by atoms with Gasteiger partial charge in [-0.1, -0.05) is 36.9 Å². The quantitative estimate of drug-likeness (QED) is 0.709. The lowest BCUT2D eigenvalue weighted by molar-refractivity contribution is -0.130. The van der Waals surface area contributed by atoms with Gasteiger partial charge in [-0.15, -0.1) is 0 Å². The molecule has 0 saturated heterocycles. The highest BCUT2D eigenvalue weighted by Crippen LogP contribution is 2.13. The highest BCUT2D eigenvalue weighted by atomic mass is 16.1. The van der Waals surface area contributed by atoms with Crippen LogP contribution < -0.4 is 0 Å². The molecule has 1 rings (SSSR count). The lowest BCUT2D eigenvalue weighted by Crippen LogP contribution is -2.21. The van der Waals surface area contributed by atoms with Gasteiger partial charge < -0.3 is 0 Å².